The van der Waals surface area contributed by atoms with Gasteiger partial charge in [-0.1, -0.05) is 36.4 Å². The van der Waals surface area contributed by atoms with Gasteiger partial charge in [-0.05, 0) is 13.0 Å². The van der Waals surface area contributed by atoms with E-state index in [-0.39, 0.29) is 16.8 Å². The quantitative estimate of drug-likeness (QED) is 0.775. The average molecular weight is 240 g/mol. The molecule has 0 fully saturated rings. The van der Waals surface area contributed by atoms with Crippen molar-refractivity contribution in [2.24, 2.45) is 0 Å². The van der Waals surface area contributed by atoms with Crippen LogP contribution < -0.4 is 5.43 Å². The van der Waals surface area contributed by atoms with Crippen LogP contribution in [0.3, 0.4) is 0 Å². The predicted octanol–water partition coefficient (Wildman–Crippen LogP) is 2.90. The van der Waals surface area contributed by atoms with Crippen LogP contribution in [0.5, 0.6) is 0 Å². The number of carbonyl (C=O) groups is 1. The van der Waals surface area contributed by atoms with E-state index in [9.17, 15) is 9.59 Å². The Balaban J connectivity index is 2.41. The molecule has 0 radical (unpaired) electrons. The standard InChI is InChI=1S/C15H12O3/c1-2-6-12-9-14(16)13(10-18-12)15(17)11-7-4-3-5-8-11/h2-10H,1H3/b6-2+. The highest BCUT2D eigenvalue weighted by molar-refractivity contribution is 6.08. The maximum atomic E-state index is 12.1. The van der Waals surface area contributed by atoms with E-state index in [2.05, 4.69) is 0 Å². The van der Waals surface area contributed by atoms with Crippen molar-refractivity contribution in [1.29, 1.82) is 0 Å². The normalized spacial score (nSPS) is 10.7. The fourth-order valence-corrected chi connectivity index (χ4v) is 1.59. The molecule has 0 saturated heterocycles. The third-order valence-electron chi connectivity index (χ3n) is 2.46. The van der Waals surface area contributed by atoms with Gasteiger partial charge in [-0.2, -0.15) is 0 Å². The van der Waals surface area contributed by atoms with E-state index in [0.29, 0.717) is 11.3 Å². The van der Waals surface area contributed by atoms with Gasteiger partial charge in [0.2, 0.25) is 0 Å². The molecule has 0 aliphatic rings. The summed E-state index contributed by atoms with van der Waals surface area (Å²) >= 11 is 0. The Hall–Kier alpha value is -2.42. The highest BCUT2D eigenvalue weighted by Gasteiger charge is 2.13. The second kappa shape index (κ2) is 5.27. The minimum absolute atomic E-state index is 0.0504. The maximum absolute atomic E-state index is 12.1. The maximum Gasteiger partial charge on any atom is 0.200 e. The monoisotopic (exact) mass is 240 g/mol. The predicted molar refractivity (Wildman–Crippen MR) is 69.6 cm³/mol. The summed E-state index contributed by atoms with van der Waals surface area (Å²) < 4.78 is 5.21. The smallest absolute Gasteiger partial charge is 0.200 e. The molecule has 0 amide bonds. The molecule has 18 heavy (non-hydrogen) atoms. The summed E-state index contributed by atoms with van der Waals surface area (Å²) in [6.07, 6.45) is 4.64. The van der Waals surface area contributed by atoms with Gasteiger partial charge in [-0.3, -0.25) is 9.59 Å². The van der Waals surface area contributed by atoms with Gasteiger partial charge in [0.25, 0.3) is 0 Å². The van der Waals surface area contributed by atoms with E-state index in [1.165, 1.54) is 12.3 Å². The number of benzene rings is 1. The molecular weight excluding hydrogens is 228 g/mol. The van der Waals surface area contributed by atoms with Gasteiger partial charge in [-0.15, -0.1) is 0 Å². The Bertz CT molecular complexity index is 636. The van der Waals surface area contributed by atoms with Crippen LogP contribution in [-0.4, -0.2) is 5.78 Å². The fraction of sp³-hybridized carbons (Fsp3) is 0.0667. The molecule has 0 aliphatic carbocycles. The Kier molecular flexibility index (Phi) is 3.53. The topological polar surface area (TPSA) is 47.3 Å². The molecule has 0 saturated carbocycles. The Morgan fingerprint density at radius 1 is 1.22 bits per heavy atom. The average Bonchev–Trinajstić information content (AvgIpc) is 2.40. The van der Waals surface area contributed by atoms with Crippen LogP contribution in [0.25, 0.3) is 6.08 Å². The lowest BCUT2D eigenvalue weighted by atomic mass is 10.1. The molecule has 90 valence electrons. The van der Waals surface area contributed by atoms with Crippen molar-refractivity contribution in [1.82, 2.24) is 0 Å². The Morgan fingerprint density at radius 2 is 1.94 bits per heavy atom. The number of carbonyl (C=O) groups excluding carboxylic acids is 1. The minimum Gasteiger partial charge on any atom is -0.464 e. The van der Waals surface area contributed by atoms with Crippen molar-refractivity contribution in [3.05, 3.63) is 75.8 Å². The highest BCUT2D eigenvalue weighted by Crippen LogP contribution is 2.08. The number of ketones is 1. The molecule has 2 rings (SSSR count). The van der Waals surface area contributed by atoms with Crippen molar-refractivity contribution >= 4 is 11.9 Å². The molecule has 3 nitrogen and oxygen atoms in total. The lowest BCUT2D eigenvalue weighted by molar-refractivity contribution is 0.103. The summed E-state index contributed by atoms with van der Waals surface area (Å²) in [7, 11) is 0. The number of rotatable bonds is 3. The van der Waals surface area contributed by atoms with Crippen molar-refractivity contribution in [3.8, 4) is 0 Å². The molecular formula is C15H12O3. The van der Waals surface area contributed by atoms with Crippen LogP contribution in [0.15, 0.2) is 57.9 Å². The third kappa shape index (κ3) is 2.46. The first kappa shape index (κ1) is 12.0. The van der Waals surface area contributed by atoms with Crippen molar-refractivity contribution in [2.45, 2.75) is 6.92 Å². The summed E-state index contributed by atoms with van der Waals surface area (Å²) in [5, 5.41) is 0. The van der Waals surface area contributed by atoms with Gasteiger partial charge in [-0.25, -0.2) is 0 Å². The van der Waals surface area contributed by atoms with Gasteiger partial charge < -0.3 is 4.42 Å². The number of allylic oxidation sites excluding steroid dienone is 1. The molecule has 0 atom stereocenters. The first-order valence-electron chi connectivity index (χ1n) is 5.57. The SMILES string of the molecule is C/C=C/c1cc(=O)c(C(=O)c2ccccc2)co1. The molecule has 0 bridgehead atoms. The van der Waals surface area contributed by atoms with E-state index < -0.39 is 0 Å². The van der Waals surface area contributed by atoms with E-state index in [4.69, 9.17) is 4.42 Å². The van der Waals surface area contributed by atoms with Gasteiger partial charge in [0.05, 0.1) is 0 Å². The molecule has 2 aromatic rings. The first-order chi connectivity index (χ1) is 8.72. The van der Waals surface area contributed by atoms with Gasteiger partial charge >= 0.3 is 0 Å². The summed E-state index contributed by atoms with van der Waals surface area (Å²) in [5.74, 6) is 0.114. The summed E-state index contributed by atoms with van der Waals surface area (Å²) in [6, 6.07) is 9.97. The largest absolute Gasteiger partial charge is 0.464 e. The number of hydrogen-bond donors (Lipinski definition) is 0. The lowest BCUT2D eigenvalue weighted by Crippen LogP contribution is -2.14. The molecule has 0 N–H and O–H groups in total. The highest BCUT2D eigenvalue weighted by atomic mass is 16.3. The van der Waals surface area contributed by atoms with Crippen LogP contribution in [0, 0.1) is 0 Å². The van der Waals surface area contributed by atoms with Crippen LogP contribution in [0.2, 0.25) is 0 Å². The molecule has 1 aromatic carbocycles. The van der Waals surface area contributed by atoms with E-state index in [1.54, 1.807) is 36.4 Å². The van der Waals surface area contributed by atoms with Crippen molar-refractivity contribution in [2.75, 3.05) is 0 Å². The lowest BCUT2D eigenvalue weighted by Gasteiger charge is -2.00. The second-order valence-corrected chi connectivity index (χ2v) is 3.76. The van der Waals surface area contributed by atoms with Crippen molar-refractivity contribution < 1.29 is 9.21 Å². The molecule has 3 heteroatoms. The van der Waals surface area contributed by atoms with Gasteiger partial charge in [0.1, 0.15) is 17.6 Å². The number of hydrogen-bond acceptors (Lipinski definition) is 3. The summed E-state index contributed by atoms with van der Waals surface area (Å²) in [4.78, 5) is 23.9. The molecule has 1 heterocycles. The van der Waals surface area contributed by atoms with Crippen LogP contribution in [0.1, 0.15) is 28.6 Å². The molecule has 0 unspecified atom stereocenters. The summed E-state index contributed by atoms with van der Waals surface area (Å²) in [6.45, 7) is 1.82. The van der Waals surface area contributed by atoms with E-state index in [0.717, 1.165) is 0 Å². The van der Waals surface area contributed by atoms with Crippen LogP contribution >= 0.6 is 0 Å². The van der Waals surface area contributed by atoms with Gasteiger partial charge in [0, 0.05) is 11.6 Å². The van der Waals surface area contributed by atoms with Crippen LogP contribution in [-0.2, 0) is 0 Å². The third-order valence-corrected chi connectivity index (χ3v) is 2.46. The van der Waals surface area contributed by atoms with Crippen molar-refractivity contribution in [3.63, 3.8) is 0 Å². The first-order valence-corrected chi connectivity index (χ1v) is 5.57. The minimum atomic E-state index is -0.330. The fourth-order valence-electron chi connectivity index (χ4n) is 1.59. The Morgan fingerprint density at radius 3 is 2.56 bits per heavy atom. The zero-order chi connectivity index (χ0) is 13.0. The van der Waals surface area contributed by atoms with E-state index >= 15 is 0 Å². The van der Waals surface area contributed by atoms with Gasteiger partial charge in [0.15, 0.2) is 11.2 Å². The second-order valence-electron chi connectivity index (χ2n) is 3.76. The summed E-state index contributed by atoms with van der Waals surface area (Å²) in [5.41, 5.74) is 0.196. The van der Waals surface area contributed by atoms with E-state index in [1.807, 2.05) is 13.0 Å². The van der Waals surface area contributed by atoms with Crippen LogP contribution in [0.4, 0.5) is 0 Å². The molecule has 0 aliphatic heterocycles. The molecule has 0 spiro atoms. The zero-order valence-electron chi connectivity index (χ0n) is 9.92. The molecule has 1 aromatic heterocycles. The Labute approximate surface area is 104 Å². The zero-order valence-corrected chi connectivity index (χ0v) is 9.92.